The summed E-state index contributed by atoms with van der Waals surface area (Å²) in [6.45, 7) is 1.22. The molecule has 1 aliphatic carbocycles. The highest BCUT2D eigenvalue weighted by molar-refractivity contribution is 5.84. The minimum atomic E-state index is -0.362. The van der Waals surface area contributed by atoms with E-state index in [1.54, 1.807) is 19.0 Å². The molecule has 0 radical (unpaired) electrons. The largest absolute Gasteiger partial charge is 0.355 e. The van der Waals surface area contributed by atoms with E-state index >= 15 is 0 Å². The van der Waals surface area contributed by atoms with E-state index in [0.717, 1.165) is 57.9 Å². The van der Waals surface area contributed by atoms with Gasteiger partial charge in [-0.1, -0.05) is 25.7 Å². The summed E-state index contributed by atoms with van der Waals surface area (Å²) in [5, 5.41) is 2.98. The van der Waals surface area contributed by atoms with Crippen molar-refractivity contribution in [1.29, 1.82) is 0 Å². The van der Waals surface area contributed by atoms with Gasteiger partial charge in [-0.25, -0.2) is 0 Å². The molecule has 1 aliphatic rings. The van der Waals surface area contributed by atoms with Crippen molar-refractivity contribution in [2.45, 2.75) is 57.8 Å². The van der Waals surface area contributed by atoms with Crippen molar-refractivity contribution < 1.29 is 9.59 Å². The van der Waals surface area contributed by atoms with Crippen LogP contribution in [0.1, 0.15) is 57.8 Å². The molecular weight excluding hydrogens is 266 g/mol. The fourth-order valence-electron chi connectivity index (χ4n) is 3.13. The van der Waals surface area contributed by atoms with E-state index in [4.69, 9.17) is 5.73 Å². The number of unbranched alkanes of at least 4 members (excludes halogenated alkanes) is 3. The van der Waals surface area contributed by atoms with Gasteiger partial charge in [-0.2, -0.15) is 0 Å². The van der Waals surface area contributed by atoms with Crippen molar-refractivity contribution >= 4 is 11.8 Å². The number of nitrogens with two attached hydrogens (primary N) is 1. The molecule has 1 saturated carbocycles. The second-order valence-corrected chi connectivity index (χ2v) is 6.42. The first-order chi connectivity index (χ1) is 10.0. The molecule has 1 fully saturated rings. The molecule has 0 spiro atoms. The molecule has 0 aromatic heterocycles. The predicted molar refractivity (Wildman–Crippen MR) is 84.7 cm³/mol. The Bertz CT molecular complexity index is 336. The van der Waals surface area contributed by atoms with Crippen LogP contribution in [0.25, 0.3) is 0 Å². The van der Waals surface area contributed by atoms with Crippen LogP contribution < -0.4 is 11.1 Å². The van der Waals surface area contributed by atoms with Crippen LogP contribution in [0.5, 0.6) is 0 Å². The number of carbonyl (C=O) groups is 2. The molecule has 0 aromatic carbocycles. The van der Waals surface area contributed by atoms with Gasteiger partial charge in [0.25, 0.3) is 0 Å². The summed E-state index contributed by atoms with van der Waals surface area (Å²) < 4.78 is 0. The Kier molecular flexibility index (Phi) is 7.72. The summed E-state index contributed by atoms with van der Waals surface area (Å²) in [6.07, 6.45) is 8.56. The van der Waals surface area contributed by atoms with Crippen molar-refractivity contribution in [3.05, 3.63) is 0 Å². The second kappa shape index (κ2) is 9.03. The third-order valence-electron chi connectivity index (χ3n) is 4.40. The van der Waals surface area contributed by atoms with E-state index in [1.165, 1.54) is 0 Å². The molecule has 0 saturated heterocycles. The lowest BCUT2D eigenvalue weighted by Gasteiger charge is -2.30. The van der Waals surface area contributed by atoms with Crippen LogP contribution in [0, 0.1) is 5.41 Å². The molecule has 21 heavy (non-hydrogen) atoms. The number of hydrogen-bond donors (Lipinski definition) is 2. The summed E-state index contributed by atoms with van der Waals surface area (Å²) in [6, 6.07) is 0. The third-order valence-corrected chi connectivity index (χ3v) is 4.40. The first-order valence-electron chi connectivity index (χ1n) is 8.20. The zero-order valence-corrected chi connectivity index (χ0v) is 13.6. The van der Waals surface area contributed by atoms with Crippen LogP contribution in [-0.2, 0) is 9.59 Å². The van der Waals surface area contributed by atoms with Gasteiger partial charge in [0.15, 0.2) is 0 Å². The SMILES string of the molecule is CN(C)C(=O)C1(CNC(=O)CCCCCCN)CCCC1. The van der Waals surface area contributed by atoms with Crippen molar-refractivity contribution in [3.8, 4) is 0 Å². The Balaban J connectivity index is 2.33. The number of carbonyl (C=O) groups excluding carboxylic acids is 2. The van der Waals surface area contributed by atoms with Gasteiger partial charge in [-0.15, -0.1) is 0 Å². The molecule has 122 valence electrons. The highest BCUT2D eigenvalue weighted by Gasteiger charge is 2.42. The minimum absolute atomic E-state index is 0.0700. The number of amides is 2. The molecule has 2 amide bonds. The maximum absolute atomic E-state index is 12.4. The number of hydrogen-bond acceptors (Lipinski definition) is 3. The molecule has 0 heterocycles. The standard InChI is InChI=1S/C16H31N3O2/c1-19(2)15(21)16(10-6-7-11-16)13-18-14(20)9-5-3-4-8-12-17/h3-13,17H2,1-2H3,(H,18,20). The van der Waals surface area contributed by atoms with Crippen LogP contribution >= 0.6 is 0 Å². The predicted octanol–water partition coefficient (Wildman–Crippen LogP) is 1.66. The first kappa shape index (κ1) is 18.0. The Morgan fingerprint density at radius 2 is 1.71 bits per heavy atom. The van der Waals surface area contributed by atoms with Crippen molar-refractivity contribution in [3.63, 3.8) is 0 Å². The molecule has 0 aromatic rings. The lowest BCUT2D eigenvalue weighted by Crippen LogP contribution is -2.46. The molecular formula is C16H31N3O2. The molecule has 0 atom stereocenters. The smallest absolute Gasteiger partial charge is 0.230 e. The summed E-state index contributed by atoms with van der Waals surface area (Å²) in [5.41, 5.74) is 5.08. The molecule has 1 rings (SSSR count). The van der Waals surface area contributed by atoms with Gasteiger partial charge >= 0.3 is 0 Å². The van der Waals surface area contributed by atoms with Gasteiger partial charge in [0.2, 0.25) is 11.8 Å². The van der Waals surface area contributed by atoms with E-state index in [9.17, 15) is 9.59 Å². The monoisotopic (exact) mass is 297 g/mol. The molecule has 0 unspecified atom stereocenters. The van der Waals surface area contributed by atoms with Gasteiger partial charge in [-0.3, -0.25) is 9.59 Å². The molecule has 5 heteroatoms. The summed E-state index contributed by atoms with van der Waals surface area (Å²) in [5.74, 6) is 0.226. The number of rotatable bonds is 9. The van der Waals surface area contributed by atoms with E-state index in [1.807, 2.05) is 0 Å². The van der Waals surface area contributed by atoms with E-state index in [-0.39, 0.29) is 17.2 Å². The van der Waals surface area contributed by atoms with Crippen LogP contribution in [0.15, 0.2) is 0 Å². The summed E-state index contributed by atoms with van der Waals surface area (Å²) in [4.78, 5) is 25.9. The topological polar surface area (TPSA) is 75.4 Å². The Morgan fingerprint density at radius 1 is 1.10 bits per heavy atom. The second-order valence-electron chi connectivity index (χ2n) is 6.42. The summed E-state index contributed by atoms with van der Waals surface area (Å²) >= 11 is 0. The van der Waals surface area contributed by atoms with Crippen molar-refractivity contribution in [1.82, 2.24) is 10.2 Å². The van der Waals surface area contributed by atoms with Crippen LogP contribution in [-0.4, -0.2) is 43.9 Å². The Hall–Kier alpha value is -1.10. The zero-order valence-electron chi connectivity index (χ0n) is 13.6. The van der Waals surface area contributed by atoms with Gasteiger partial charge < -0.3 is 16.0 Å². The van der Waals surface area contributed by atoms with E-state index in [0.29, 0.717) is 13.0 Å². The fraction of sp³-hybridized carbons (Fsp3) is 0.875. The third kappa shape index (κ3) is 5.65. The maximum atomic E-state index is 12.4. The lowest BCUT2D eigenvalue weighted by molar-refractivity contribution is -0.139. The normalized spacial score (nSPS) is 16.7. The average molecular weight is 297 g/mol. The van der Waals surface area contributed by atoms with Crippen molar-refractivity contribution in [2.24, 2.45) is 11.1 Å². The highest BCUT2D eigenvalue weighted by atomic mass is 16.2. The highest BCUT2D eigenvalue weighted by Crippen LogP contribution is 2.38. The summed E-state index contributed by atoms with van der Waals surface area (Å²) in [7, 11) is 3.59. The maximum Gasteiger partial charge on any atom is 0.230 e. The molecule has 0 aliphatic heterocycles. The van der Waals surface area contributed by atoms with Crippen LogP contribution in [0.2, 0.25) is 0 Å². The Morgan fingerprint density at radius 3 is 2.29 bits per heavy atom. The lowest BCUT2D eigenvalue weighted by atomic mass is 9.84. The molecule has 0 bridgehead atoms. The van der Waals surface area contributed by atoms with Crippen molar-refractivity contribution in [2.75, 3.05) is 27.2 Å². The Labute approximate surface area is 128 Å². The zero-order chi connectivity index (χ0) is 15.7. The minimum Gasteiger partial charge on any atom is -0.355 e. The number of nitrogens with zero attached hydrogens (tertiary/aromatic N) is 1. The van der Waals surface area contributed by atoms with E-state index in [2.05, 4.69) is 5.32 Å². The first-order valence-corrected chi connectivity index (χ1v) is 8.20. The van der Waals surface area contributed by atoms with E-state index < -0.39 is 0 Å². The van der Waals surface area contributed by atoms with Gasteiger partial charge in [0.1, 0.15) is 0 Å². The van der Waals surface area contributed by atoms with Gasteiger partial charge in [0, 0.05) is 27.1 Å². The average Bonchev–Trinajstić information content (AvgIpc) is 2.94. The molecule has 5 nitrogen and oxygen atoms in total. The number of nitrogens with one attached hydrogen (secondary N) is 1. The van der Waals surface area contributed by atoms with Crippen LogP contribution in [0.4, 0.5) is 0 Å². The van der Waals surface area contributed by atoms with Gasteiger partial charge in [0.05, 0.1) is 5.41 Å². The molecule has 3 N–H and O–H groups in total. The van der Waals surface area contributed by atoms with Crippen LogP contribution in [0.3, 0.4) is 0 Å². The van der Waals surface area contributed by atoms with Gasteiger partial charge in [-0.05, 0) is 32.2 Å². The fourth-order valence-corrected chi connectivity index (χ4v) is 3.13. The quantitative estimate of drug-likeness (QED) is 0.636.